The lowest BCUT2D eigenvalue weighted by Gasteiger charge is -2.21. The van der Waals surface area contributed by atoms with Crippen LogP contribution >= 0.6 is 15.6 Å². The van der Waals surface area contributed by atoms with Crippen molar-refractivity contribution in [3.63, 3.8) is 0 Å². The van der Waals surface area contributed by atoms with E-state index in [9.17, 15) is 43.2 Å². The smallest absolute Gasteiger partial charge is 0.462 e. The number of carbonyl (C=O) groups excluding carboxylic acids is 4. The second-order valence-electron chi connectivity index (χ2n) is 30.7. The molecule has 0 aliphatic rings. The standard InChI is InChI=1S/C84H164O17P2/c1-6-9-12-15-18-21-24-27-29-31-33-38-43-48-53-58-63-68-82(87)95-74-80(101-84(89)70-65-60-55-50-45-40-35-34-37-41-46-51-56-61-66-77(4)5)76-99-103(92,93)97-72-78(85)71-96-102(90,91)98-75-79(73-94-81(86)67-62-57-52-47-42-36-26-23-20-17-14-11-8-3)100-83(88)69-64-59-54-49-44-39-32-30-28-25-22-19-16-13-10-7-2/h77-80,85H,6-76H2,1-5H3,(H,90,91)(H,92,93)/t78-,79+,80+/m0/s1. The van der Waals surface area contributed by atoms with Crippen molar-refractivity contribution in [2.45, 2.75) is 470 Å². The highest BCUT2D eigenvalue weighted by atomic mass is 31.2. The summed E-state index contributed by atoms with van der Waals surface area (Å²) in [6.07, 6.45) is 69.2. The van der Waals surface area contributed by atoms with Crippen LogP contribution in [0.4, 0.5) is 0 Å². The molecular weight excluding hydrogens is 1340 g/mol. The SMILES string of the molecule is CCCCCCCCCCCCCCCCCCCC(=O)OC[C@H](COP(=O)(O)OC[C@@H](O)COP(=O)(O)OC[C@@H](COC(=O)CCCCCCCCCCCCCCC)OC(=O)CCCCCCCCCCCCCCCCCC)OC(=O)CCCCCCCCCCCCCCCCC(C)C. The maximum Gasteiger partial charge on any atom is 0.472 e. The van der Waals surface area contributed by atoms with Crippen molar-refractivity contribution in [2.24, 2.45) is 5.92 Å². The Morgan fingerprint density at radius 3 is 0.660 bits per heavy atom. The van der Waals surface area contributed by atoms with Gasteiger partial charge in [-0.25, -0.2) is 9.13 Å². The average molecular weight is 1510 g/mol. The molecule has 0 amide bonds. The summed E-state index contributed by atoms with van der Waals surface area (Å²) in [5.74, 6) is -1.30. The van der Waals surface area contributed by atoms with Gasteiger partial charge in [-0.3, -0.25) is 37.3 Å². The van der Waals surface area contributed by atoms with Crippen molar-refractivity contribution >= 4 is 39.5 Å². The molecule has 0 aliphatic heterocycles. The summed E-state index contributed by atoms with van der Waals surface area (Å²) >= 11 is 0. The Morgan fingerprint density at radius 1 is 0.262 bits per heavy atom. The third kappa shape index (κ3) is 78.0. The lowest BCUT2D eigenvalue weighted by atomic mass is 10.0. The number of ether oxygens (including phenoxy) is 4. The Kier molecular flexibility index (Phi) is 75.4. The van der Waals surface area contributed by atoms with E-state index in [4.69, 9.17) is 37.0 Å². The number of phosphoric acid groups is 2. The normalized spacial score (nSPS) is 13.8. The van der Waals surface area contributed by atoms with Crippen LogP contribution in [-0.4, -0.2) is 96.7 Å². The Hall–Kier alpha value is -1.94. The van der Waals surface area contributed by atoms with E-state index in [1.54, 1.807) is 0 Å². The summed E-state index contributed by atoms with van der Waals surface area (Å²) in [4.78, 5) is 73.2. The maximum atomic E-state index is 13.1. The monoisotopic (exact) mass is 1510 g/mol. The molecule has 0 heterocycles. The van der Waals surface area contributed by atoms with Crippen LogP contribution in [0.5, 0.6) is 0 Å². The fraction of sp³-hybridized carbons (Fsp3) is 0.952. The van der Waals surface area contributed by atoms with Crippen LogP contribution in [-0.2, 0) is 65.4 Å². The first-order chi connectivity index (χ1) is 50.0. The van der Waals surface area contributed by atoms with Gasteiger partial charge in [-0.2, -0.15) is 0 Å². The van der Waals surface area contributed by atoms with E-state index in [0.717, 1.165) is 95.8 Å². The molecule has 0 aliphatic carbocycles. The minimum absolute atomic E-state index is 0.109. The summed E-state index contributed by atoms with van der Waals surface area (Å²) in [6, 6.07) is 0. The highest BCUT2D eigenvalue weighted by Gasteiger charge is 2.30. The number of hydrogen-bond acceptors (Lipinski definition) is 15. The van der Waals surface area contributed by atoms with Gasteiger partial charge in [0.1, 0.15) is 19.3 Å². The van der Waals surface area contributed by atoms with E-state index in [-0.39, 0.29) is 25.7 Å². The van der Waals surface area contributed by atoms with Gasteiger partial charge in [-0.15, -0.1) is 0 Å². The van der Waals surface area contributed by atoms with E-state index in [1.165, 1.54) is 276 Å². The van der Waals surface area contributed by atoms with Crippen molar-refractivity contribution < 1.29 is 80.2 Å². The van der Waals surface area contributed by atoms with E-state index in [2.05, 4.69) is 34.6 Å². The Morgan fingerprint density at radius 2 is 0.447 bits per heavy atom. The molecule has 0 spiro atoms. The van der Waals surface area contributed by atoms with Gasteiger partial charge in [0.25, 0.3) is 0 Å². The zero-order valence-corrected chi connectivity index (χ0v) is 69.3. The molecule has 612 valence electrons. The minimum atomic E-state index is -4.96. The molecule has 0 aromatic heterocycles. The first-order valence-corrected chi connectivity index (χ1v) is 46.6. The van der Waals surface area contributed by atoms with Gasteiger partial charge in [0, 0.05) is 25.7 Å². The fourth-order valence-electron chi connectivity index (χ4n) is 13.1. The first-order valence-electron chi connectivity index (χ1n) is 43.6. The molecule has 19 heteroatoms. The molecule has 103 heavy (non-hydrogen) atoms. The quantitative estimate of drug-likeness (QED) is 0.0222. The molecule has 3 N–H and O–H groups in total. The van der Waals surface area contributed by atoms with Gasteiger partial charge in [-0.05, 0) is 31.6 Å². The molecule has 0 fully saturated rings. The number of aliphatic hydroxyl groups is 1. The molecule has 0 rings (SSSR count). The van der Waals surface area contributed by atoms with Crippen LogP contribution in [0, 0.1) is 5.92 Å². The summed E-state index contributed by atoms with van der Waals surface area (Å²) < 4.78 is 68.9. The molecule has 0 bridgehead atoms. The first kappa shape index (κ1) is 101. The van der Waals surface area contributed by atoms with Crippen LogP contribution in [0.3, 0.4) is 0 Å². The van der Waals surface area contributed by atoms with E-state index < -0.39 is 97.5 Å². The number of phosphoric ester groups is 2. The number of esters is 4. The topological polar surface area (TPSA) is 237 Å². The van der Waals surface area contributed by atoms with Crippen LogP contribution in [0.15, 0.2) is 0 Å². The molecule has 5 atom stereocenters. The van der Waals surface area contributed by atoms with Gasteiger partial charge >= 0.3 is 39.5 Å². The summed E-state index contributed by atoms with van der Waals surface area (Å²) in [5.41, 5.74) is 0. The van der Waals surface area contributed by atoms with Crippen molar-refractivity contribution in [3.8, 4) is 0 Å². The molecule has 0 radical (unpaired) electrons. The van der Waals surface area contributed by atoms with E-state index in [1.807, 2.05) is 0 Å². The predicted molar refractivity (Wildman–Crippen MR) is 423 cm³/mol. The van der Waals surface area contributed by atoms with Crippen molar-refractivity contribution in [1.82, 2.24) is 0 Å². The van der Waals surface area contributed by atoms with Crippen LogP contribution in [0.2, 0.25) is 0 Å². The third-order valence-electron chi connectivity index (χ3n) is 19.8. The highest BCUT2D eigenvalue weighted by Crippen LogP contribution is 2.45. The van der Waals surface area contributed by atoms with Gasteiger partial charge in [0.15, 0.2) is 12.2 Å². The second-order valence-corrected chi connectivity index (χ2v) is 33.6. The van der Waals surface area contributed by atoms with Crippen LogP contribution in [0.1, 0.15) is 452 Å². The molecule has 2 unspecified atom stereocenters. The zero-order chi connectivity index (χ0) is 75.5. The largest absolute Gasteiger partial charge is 0.472 e. The van der Waals surface area contributed by atoms with Crippen LogP contribution < -0.4 is 0 Å². The lowest BCUT2D eigenvalue weighted by Crippen LogP contribution is -2.30. The highest BCUT2D eigenvalue weighted by molar-refractivity contribution is 7.47. The van der Waals surface area contributed by atoms with Crippen molar-refractivity contribution in [2.75, 3.05) is 39.6 Å². The summed E-state index contributed by atoms with van der Waals surface area (Å²) in [6.45, 7) is 7.39. The Bertz CT molecular complexity index is 1960. The lowest BCUT2D eigenvalue weighted by molar-refractivity contribution is -0.161. The summed E-state index contributed by atoms with van der Waals surface area (Å²) in [5, 5.41) is 10.7. The molecule has 0 aromatic rings. The Balaban J connectivity index is 5.27. The molecule has 0 saturated heterocycles. The molecule has 0 saturated carbocycles. The van der Waals surface area contributed by atoms with Gasteiger partial charge in [0.2, 0.25) is 0 Å². The van der Waals surface area contributed by atoms with Crippen LogP contribution in [0.25, 0.3) is 0 Å². The van der Waals surface area contributed by atoms with E-state index in [0.29, 0.717) is 25.7 Å². The minimum Gasteiger partial charge on any atom is -0.462 e. The molecule has 0 aromatic carbocycles. The van der Waals surface area contributed by atoms with Crippen molar-refractivity contribution in [1.29, 1.82) is 0 Å². The second kappa shape index (κ2) is 76.8. The number of rotatable bonds is 84. The van der Waals surface area contributed by atoms with Gasteiger partial charge in [-0.1, -0.05) is 401 Å². The number of hydrogen-bond donors (Lipinski definition) is 3. The zero-order valence-electron chi connectivity index (χ0n) is 67.5. The number of aliphatic hydroxyl groups excluding tert-OH is 1. The molecule has 17 nitrogen and oxygen atoms in total. The van der Waals surface area contributed by atoms with Gasteiger partial charge in [0.05, 0.1) is 26.4 Å². The summed E-state index contributed by atoms with van der Waals surface area (Å²) in [7, 11) is -9.92. The molecular formula is C84H164O17P2. The Labute approximate surface area is 632 Å². The van der Waals surface area contributed by atoms with Crippen molar-refractivity contribution in [3.05, 3.63) is 0 Å². The third-order valence-corrected chi connectivity index (χ3v) is 21.7. The number of carbonyl (C=O) groups is 4. The maximum absolute atomic E-state index is 13.1. The average Bonchev–Trinajstić information content (AvgIpc) is 0.923. The predicted octanol–water partition coefficient (Wildman–Crippen LogP) is 25.6. The van der Waals surface area contributed by atoms with Gasteiger partial charge < -0.3 is 33.8 Å². The fourth-order valence-corrected chi connectivity index (χ4v) is 14.7. The van der Waals surface area contributed by atoms with E-state index >= 15 is 0 Å². The number of unbranched alkanes of at least 4 members (excludes halogenated alkanes) is 56.